The number of hydrogen-bond acceptors (Lipinski definition) is 3. The van der Waals surface area contributed by atoms with Crippen molar-refractivity contribution in [3.63, 3.8) is 0 Å². The number of sulfone groups is 1. The van der Waals surface area contributed by atoms with Crippen molar-refractivity contribution in [1.29, 1.82) is 0 Å². The standard InChI is InChI=1S/C13H24N2O3S/c1-3-5-8-15(9-6-4-2)13(16)14-12-7-10-19(17,18)11-12/h7,10,12H,3-6,8-9,11H2,1-2H3,(H,14,16). The van der Waals surface area contributed by atoms with E-state index in [1.807, 2.05) is 0 Å². The Morgan fingerprint density at radius 1 is 1.26 bits per heavy atom. The normalized spacial score (nSPS) is 20.4. The first-order valence-electron chi connectivity index (χ1n) is 6.95. The maximum atomic E-state index is 12.1. The lowest BCUT2D eigenvalue weighted by molar-refractivity contribution is 0.194. The molecule has 1 N–H and O–H groups in total. The number of nitrogens with zero attached hydrogens (tertiary/aromatic N) is 1. The van der Waals surface area contributed by atoms with Crippen LogP contribution in [0.4, 0.5) is 4.79 Å². The van der Waals surface area contributed by atoms with Crippen LogP contribution in [-0.2, 0) is 9.84 Å². The Balaban J connectivity index is 2.49. The summed E-state index contributed by atoms with van der Waals surface area (Å²) >= 11 is 0. The Morgan fingerprint density at radius 2 is 1.84 bits per heavy atom. The fourth-order valence-corrected chi connectivity index (χ4v) is 3.16. The van der Waals surface area contributed by atoms with Crippen molar-refractivity contribution in [2.45, 2.75) is 45.6 Å². The second-order valence-corrected chi connectivity index (χ2v) is 6.84. The van der Waals surface area contributed by atoms with E-state index in [1.165, 1.54) is 5.41 Å². The quantitative estimate of drug-likeness (QED) is 0.778. The first-order chi connectivity index (χ1) is 8.98. The first kappa shape index (κ1) is 16.0. The summed E-state index contributed by atoms with van der Waals surface area (Å²) in [5, 5.41) is 3.95. The van der Waals surface area contributed by atoms with Crippen LogP contribution in [0.2, 0.25) is 0 Å². The number of unbranched alkanes of at least 4 members (excludes halogenated alkanes) is 2. The lowest BCUT2D eigenvalue weighted by atomic mass is 10.2. The summed E-state index contributed by atoms with van der Waals surface area (Å²) in [6.07, 6.45) is 5.55. The van der Waals surface area contributed by atoms with E-state index in [1.54, 1.807) is 11.0 Å². The maximum absolute atomic E-state index is 12.1. The van der Waals surface area contributed by atoms with Gasteiger partial charge in [0.2, 0.25) is 0 Å². The van der Waals surface area contributed by atoms with E-state index in [0.717, 1.165) is 38.8 Å². The van der Waals surface area contributed by atoms with Gasteiger partial charge in [-0.2, -0.15) is 0 Å². The molecule has 0 fully saturated rings. The molecule has 0 radical (unpaired) electrons. The van der Waals surface area contributed by atoms with E-state index in [4.69, 9.17) is 0 Å². The SMILES string of the molecule is CCCCN(CCCC)C(=O)NC1C=CS(=O)(=O)C1. The van der Waals surface area contributed by atoms with Crippen LogP contribution in [0.5, 0.6) is 0 Å². The van der Waals surface area contributed by atoms with Gasteiger partial charge in [0.15, 0.2) is 9.84 Å². The van der Waals surface area contributed by atoms with Crippen molar-refractivity contribution in [1.82, 2.24) is 10.2 Å². The molecule has 0 aromatic rings. The number of carbonyl (C=O) groups is 1. The minimum absolute atomic E-state index is 0.0197. The third-order valence-electron chi connectivity index (χ3n) is 3.09. The largest absolute Gasteiger partial charge is 0.331 e. The van der Waals surface area contributed by atoms with Crippen LogP contribution in [0.3, 0.4) is 0 Å². The Morgan fingerprint density at radius 3 is 2.26 bits per heavy atom. The molecule has 0 aliphatic carbocycles. The highest BCUT2D eigenvalue weighted by Gasteiger charge is 2.24. The predicted molar refractivity (Wildman–Crippen MR) is 76.6 cm³/mol. The fourth-order valence-electron chi connectivity index (χ4n) is 1.93. The molecule has 0 aromatic heterocycles. The minimum atomic E-state index is -3.11. The van der Waals surface area contributed by atoms with E-state index in [9.17, 15) is 13.2 Å². The molecule has 6 heteroatoms. The number of nitrogens with one attached hydrogen (secondary N) is 1. The summed E-state index contributed by atoms with van der Waals surface area (Å²) in [4.78, 5) is 13.9. The zero-order chi connectivity index (χ0) is 14.3. The van der Waals surface area contributed by atoms with Gasteiger partial charge in [0, 0.05) is 18.5 Å². The van der Waals surface area contributed by atoms with Gasteiger partial charge in [-0.1, -0.05) is 26.7 Å². The molecule has 1 aliphatic rings. The average molecular weight is 288 g/mol. The van der Waals surface area contributed by atoms with Gasteiger partial charge in [-0.15, -0.1) is 0 Å². The van der Waals surface area contributed by atoms with Crippen LogP contribution in [0.25, 0.3) is 0 Å². The van der Waals surface area contributed by atoms with E-state index in [0.29, 0.717) is 0 Å². The van der Waals surface area contributed by atoms with Gasteiger partial charge < -0.3 is 10.2 Å². The Hall–Kier alpha value is -1.04. The molecule has 110 valence electrons. The Labute approximate surface area is 116 Å². The number of hydrogen-bond donors (Lipinski definition) is 1. The number of carbonyl (C=O) groups excluding carboxylic acids is 1. The van der Waals surface area contributed by atoms with Crippen molar-refractivity contribution in [2.24, 2.45) is 0 Å². The van der Waals surface area contributed by atoms with Crippen LogP contribution in [-0.4, -0.2) is 44.2 Å². The van der Waals surface area contributed by atoms with Crippen molar-refractivity contribution < 1.29 is 13.2 Å². The molecule has 1 aliphatic heterocycles. The zero-order valence-corrected chi connectivity index (χ0v) is 12.6. The molecule has 1 heterocycles. The van der Waals surface area contributed by atoms with Crippen LogP contribution >= 0.6 is 0 Å². The smallest absolute Gasteiger partial charge is 0.317 e. The van der Waals surface area contributed by atoms with E-state index in [2.05, 4.69) is 19.2 Å². The molecule has 2 amide bonds. The number of amides is 2. The van der Waals surface area contributed by atoms with Gasteiger partial charge >= 0.3 is 6.03 Å². The summed E-state index contributed by atoms with van der Waals surface area (Å²) in [7, 11) is -3.11. The van der Waals surface area contributed by atoms with Gasteiger partial charge in [0.05, 0.1) is 11.8 Å². The molecule has 1 unspecified atom stereocenters. The highest BCUT2D eigenvalue weighted by molar-refractivity contribution is 7.94. The molecule has 19 heavy (non-hydrogen) atoms. The lowest BCUT2D eigenvalue weighted by Gasteiger charge is -2.24. The second kappa shape index (κ2) is 7.53. The molecule has 0 bridgehead atoms. The lowest BCUT2D eigenvalue weighted by Crippen LogP contribution is -2.45. The molecule has 1 rings (SSSR count). The highest BCUT2D eigenvalue weighted by atomic mass is 32.2. The van der Waals surface area contributed by atoms with Crippen LogP contribution in [0.1, 0.15) is 39.5 Å². The summed E-state index contributed by atoms with van der Waals surface area (Å²) in [6, 6.07) is -0.545. The molecule has 1 atom stereocenters. The van der Waals surface area contributed by atoms with Crippen molar-refractivity contribution in [3.8, 4) is 0 Å². The molecule has 5 nitrogen and oxygen atoms in total. The minimum Gasteiger partial charge on any atom is -0.331 e. The number of rotatable bonds is 7. The molecule has 0 aromatic carbocycles. The first-order valence-corrected chi connectivity index (χ1v) is 8.66. The van der Waals surface area contributed by atoms with Crippen LogP contribution < -0.4 is 5.32 Å². The van der Waals surface area contributed by atoms with Gasteiger partial charge in [-0.25, -0.2) is 13.2 Å². The molecular formula is C13H24N2O3S. The monoisotopic (exact) mass is 288 g/mol. The zero-order valence-electron chi connectivity index (χ0n) is 11.8. The van der Waals surface area contributed by atoms with E-state index < -0.39 is 9.84 Å². The fraction of sp³-hybridized carbons (Fsp3) is 0.769. The van der Waals surface area contributed by atoms with Gasteiger partial charge in [-0.3, -0.25) is 0 Å². The number of urea groups is 1. The second-order valence-electron chi connectivity index (χ2n) is 4.91. The van der Waals surface area contributed by atoms with Crippen LogP contribution in [0, 0.1) is 0 Å². The third-order valence-corrected chi connectivity index (χ3v) is 4.48. The summed E-state index contributed by atoms with van der Waals surface area (Å²) in [6.45, 7) is 5.63. The highest BCUT2D eigenvalue weighted by Crippen LogP contribution is 2.09. The molecule has 0 saturated heterocycles. The third kappa shape index (κ3) is 5.63. The van der Waals surface area contributed by atoms with E-state index >= 15 is 0 Å². The Bertz CT molecular complexity index is 410. The van der Waals surface area contributed by atoms with E-state index in [-0.39, 0.29) is 17.8 Å². The Kier molecular flexibility index (Phi) is 6.34. The summed E-state index contributed by atoms with van der Waals surface area (Å²) in [5.41, 5.74) is 0. The van der Waals surface area contributed by atoms with Crippen LogP contribution in [0.15, 0.2) is 11.5 Å². The molecular weight excluding hydrogens is 264 g/mol. The summed E-state index contributed by atoms with van der Waals surface area (Å²) < 4.78 is 22.6. The van der Waals surface area contributed by atoms with Gasteiger partial charge in [-0.05, 0) is 18.9 Å². The molecule has 0 saturated carbocycles. The van der Waals surface area contributed by atoms with Crippen molar-refractivity contribution >= 4 is 15.9 Å². The maximum Gasteiger partial charge on any atom is 0.317 e. The van der Waals surface area contributed by atoms with Crippen molar-refractivity contribution in [2.75, 3.05) is 18.8 Å². The summed E-state index contributed by atoms with van der Waals surface area (Å²) in [5.74, 6) is -0.0197. The molecule has 0 spiro atoms. The van der Waals surface area contributed by atoms with Gasteiger partial charge in [0.25, 0.3) is 0 Å². The van der Waals surface area contributed by atoms with Gasteiger partial charge in [0.1, 0.15) is 0 Å². The topological polar surface area (TPSA) is 66.5 Å². The van der Waals surface area contributed by atoms with Crippen molar-refractivity contribution in [3.05, 3.63) is 11.5 Å². The average Bonchev–Trinajstić information content (AvgIpc) is 2.68. The predicted octanol–water partition coefficient (Wildman–Crippen LogP) is 1.91.